The predicted molar refractivity (Wildman–Crippen MR) is 110 cm³/mol. The lowest BCUT2D eigenvalue weighted by Crippen LogP contribution is -2.48. The van der Waals surface area contributed by atoms with E-state index >= 15 is 0 Å². The number of carbonyl (C=O) groups excluding carboxylic acids is 1. The fourth-order valence-electron chi connectivity index (χ4n) is 3.10. The molecule has 0 unspecified atom stereocenters. The van der Waals surface area contributed by atoms with Crippen molar-refractivity contribution in [1.29, 1.82) is 0 Å². The number of carbonyl (C=O) groups is 1. The Bertz CT molecular complexity index is 845. The normalized spacial score (nSPS) is 22.1. The molecule has 0 spiro atoms. The van der Waals surface area contributed by atoms with Crippen molar-refractivity contribution in [2.24, 2.45) is 5.92 Å². The fraction of sp³-hybridized carbons (Fsp3) is 0.478. The topological polar surface area (TPSA) is 70.8 Å². The smallest absolute Gasteiger partial charge is 0.366 e. The molecular weight excluding hydrogens is 370 g/mol. The molecule has 1 fully saturated rings. The highest BCUT2D eigenvalue weighted by Gasteiger charge is 2.41. The summed E-state index contributed by atoms with van der Waals surface area (Å²) in [5.41, 5.74) is 3.02. The minimum atomic E-state index is -1.29. The van der Waals surface area contributed by atoms with Gasteiger partial charge in [-0.25, -0.2) is 9.78 Å². The van der Waals surface area contributed by atoms with E-state index in [9.17, 15) is 4.79 Å². The summed E-state index contributed by atoms with van der Waals surface area (Å²) in [4.78, 5) is 16.5. The molecule has 29 heavy (non-hydrogen) atoms. The van der Waals surface area contributed by atoms with E-state index in [2.05, 4.69) is 18.0 Å². The Balaban J connectivity index is 1.49. The van der Waals surface area contributed by atoms with Crippen LogP contribution in [-0.2, 0) is 19.0 Å². The van der Waals surface area contributed by atoms with E-state index in [0.717, 1.165) is 29.9 Å². The van der Waals surface area contributed by atoms with Gasteiger partial charge in [-0.05, 0) is 51.8 Å². The van der Waals surface area contributed by atoms with Crippen LogP contribution in [0.15, 0.2) is 34.8 Å². The minimum Gasteiger partial charge on any atom is -0.462 e. The van der Waals surface area contributed by atoms with Crippen molar-refractivity contribution in [1.82, 2.24) is 4.98 Å². The second-order valence-electron chi connectivity index (χ2n) is 7.46. The molecule has 2 heterocycles. The summed E-state index contributed by atoms with van der Waals surface area (Å²) in [6.45, 7) is 8.61. The number of hydrogen-bond donors (Lipinski definition) is 0. The zero-order chi connectivity index (χ0) is 20.9. The van der Waals surface area contributed by atoms with Gasteiger partial charge < -0.3 is 18.6 Å². The Morgan fingerprint density at radius 2 is 1.93 bits per heavy atom. The van der Waals surface area contributed by atoms with Gasteiger partial charge in [0.2, 0.25) is 5.89 Å². The summed E-state index contributed by atoms with van der Waals surface area (Å²) in [5.74, 6) is -0.0826. The molecular formula is C23H29NO5. The van der Waals surface area contributed by atoms with Gasteiger partial charge in [-0.3, -0.25) is 0 Å². The quantitative estimate of drug-likeness (QED) is 0.629. The van der Waals surface area contributed by atoms with Crippen LogP contribution in [0.3, 0.4) is 0 Å². The highest BCUT2D eigenvalue weighted by molar-refractivity contribution is 5.77. The van der Waals surface area contributed by atoms with Gasteiger partial charge in [-0.2, -0.15) is 0 Å². The van der Waals surface area contributed by atoms with Crippen molar-refractivity contribution in [2.75, 3.05) is 19.8 Å². The number of hydrogen-bond acceptors (Lipinski definition) is 6. The molecule has 0 aliphatic carbocycles. The highest BCUT2D eigenvalue weighted by Crippen LogP contribution is 2.26. The van der Waals surface area contributed by atoms with Crippen LogP contribution >= 0.6 is 0 Å². The number of esters is 1. The average Bonchev–Trinajstić information content (AvgIpc) is 3.08. The Morgan fingerprint density at radius 3 is 2.59 bits per heavy atom. The van der Waals surface area contributed by atoms with Crippen LogP contribution in [0.25, 0.3) is 17.5 Å². The zero-order valence-corrected chi connectivity index (χ0v) is 17.6. The first-order valence-corrected chi connectivity index (χ1v) is 10.1. The van der Waals surface area contributed by atoms with Gasteiger partial charge in [0.15, 0.2) is 0 Å². The third-order valence-corrected chi connectivity index (χ3v) is 4.98. The fourth-order valence-corrected chi connectivity index (χ4v) is 3.10. The third kappa shape index (κ3) is 5.34. The number of rotatable bonds is 7. The van der Waals surface area contributed by atoms with E-state index in [4.69, 9.17) is 18.6 Å². The standard InChI is InChI=1S/C23H29NO5/c1-5-26-22(25)23(4)27-14-18(15-28-23)8-6-7-9-20-17(3)29-21(24-20)19-12-10-16(2)11-13-19/h7,9-13,18H,5-6,8,14-15H2,1-4H3. The molecule has 0 atom stereocenters. The second kappa shape index (κ2) is 9.37. The minimum absolute atomic E-state index is 0.240. The number of benzene rings is 1. The molecule has 1 saturated heterocycles. The molecule has 6 heteroatoms. The maximum atomic E-state index is 11.9. The molecule has 156 valence electrons. The molecule has 0 amide bonds. The summed E-state index contributed by atoms with van der Waals surface area (Å²) in [5, 5.41) is 0. The molecule has 6 nitrogen and oxygen atoms in total. The SMILES string of the molecule is CCOC(=O)C1(C)OCC(CCC=Cc2nc(-c3ccc(C)cc3)oc2C)CO1. The first kappa shape index (κ1) is 21.3. The molecule has 3 rings (SSSR count). The summed E-state index contributed by atoms with van der Waals surface area (Å²) < 4.78 is 22.1. The molecule has 1 aromatic heterocycles. The first-order valence-electron chi connectivity index (χ1n) is 10.1. The van der Waals surface area contributed by atoms with Gasteiger partial charge in [-0.1, -0.05) is 23.8 Å². The molecule has 0 radical (unpaired) electrons. The van der Waals surface area contributed by atoms with Gasteiger partial charge in [0.1, 0.15) is 11.5 Å². The van der Waals surface area contributed by atoms with Crippen molar-refractivity contribution >= 4 is 12.0 Å². The number of allylic oxidation sites excluding steroid dienone is 1. The van der Waals surface area contributed by atoms with Crippen LogP contribution < -0.4 is 0 Å². The maximum Gasteiger partial charge on any atom is 0.366 e. The van der Waals surface area contributed by atoms with Crippen LogP contribution in [0.1, 0.15) is 43.7 Å². The van der Waals surface area contributed by atoms with Gasteiger partial charge >= 0.3 is 5.97 Å². The van der Waals surface area contributed by atoms with Gasteiger partial charge in [0.05, 0.1) is 19.8 Å². The van der Waals surface area contributed by atoms with Crippen LogP contribution in [-0.4, -0.2) is 36.6 Å². The second-order valence-corrected chi connectivity index (χ2v) is 7.46. The Morgan fingerprint density at radius 1 is 1.24 bits per heavy atom. The number of oxazole rings is 1. The zero-order valence-electron chi connectivity index (χ0n) is 17.6. The molecule has 1 aromatic carbocycles. The molecule has 0 bridgehead atoms. The molecule has 2 aromatic rings. The summed E-state index contributed by atoms with van der Waals surface area (Å²) in [7, 11) is 0. The summed E-state index contributed by atoms with van der Waals surface area (Å²) in [6, 6.07) is 8.12. The Labute approximate surface area is 171 Å². The van der Waals surface area contributed by atoms with Crippen molar-refractivity contribution in [2.45, 2.75) is 46.3 Å². The van der Waals surface area contributed by atoms with E-state index in [1.807, 2.05) is 37.3 Å². The van der Waals surface area contributed by atoms with E-state index < -0.39 is 11.8 Å². The average molecular weight is 399 g/mol. The lowest BCUT2D eigenvalue weighted by Gasteiger charge is -2.35. The molecule has 1 aliphatic rings. The van der Waals surface area contributed by atoms with Crippen molar-refractivity contribution in [3.05, 3.63) is 47.4 Å². The molecule has 0 saturated carbocycles. The van der Waals surface area contributed by atoms with Crippen LogP contribution in [0, 0.1) is 19.8 Å². The number of nitrogens with zero attached hydrogens (tertiary/aromatic N) is 1. The van der Waals surface area contributed by atoms with Crippen LogP contribution in [0.4, 0.5) is 0 Å². The van der Waals surface area contributed by atoms with Crippen molar-refractivity contribution in [3.8, 4) is 11.5 Å². The first-order chi connectivity index (χ1) is 13.9. The number of aromatic nitrogens is 1. The summed E-state index contributed by atoms with van der Waals surface area (Å²) >= 11 is 0. The Hall–Kier alpha value is -2.44. The van der Waals surface area contributed by atoms with E-state index in [-0.39, 0.29) is 5.92 Å². The highest BCUT2D eigenvalue weighted by atomic mass is 16.7. The maximum absolute atomic E-state index is 11.9. The van der Waals surface area contributed by atoms with E-state index in [0.29, 0.717) is 25.7 Å². The van der Waals surface area contributed by atoms with Crippen LogP contribution in [0.5, 0.6) is 0 Å². The largest absolute Gasteiger partial charge is 0.462 e. The van der Waals surface area contributed by atoms with Crippen molar-refractivity contribution in [3.63, 3.8) is 0 Å². The Kier molecular flexibility index (Phi) is 6.87. The monoisotopic (exact) mass is 399 g/mol. The lowest BCUT2D eigenvalue weighted by molar-refractivity contribution is -0.273. The summed E-state index contributed by atoms with van der Waals surface area (Å²) in [6.07, 6.45) is 5.84. The van der Waals surface area contributed by atoms with E-state index in [1.54, 1.807) is 13.8 Å². The van der Waals surface area contributed by atoms with Crippen molar-refractivity contribution < 1.29 is 23.4 Å². The number of aryl methyl sites for hydroxylation is 2. The van der Waals surface area contributed by atoms with Gasteiger partial charge in [0, 0.05) is 18.4 Å². The lowest BCUT2D eigenvalue weighted by atomic mass is 10.0. The van der Waals surface area contributed by atoms with Gasteiger partial charge in [-0.15, -0.1) is 0 Å². The van der Waals surface area contributed by atoms with Crippen LogP contribution in [0.2, 0.25) is 0 Å². The number of ether oxygens (including phenoxy) is 3. The van der Waals surface area contributed by atoms with E-state index in [1.165, 1.54) is 5.56 Å². The third-order valence-electron chi connectivity index (χ3n) is 4.98. The van der Waals surface area contributed by atoms with Gasteiger partial charge in [0.25, 0.3) is 5.79 Å². The predicted octanol–water partition coefficient (Wildman–Crippen LogP) is 4.69. The molecule has 1 aliphatic heterocycles. The molecule has 0 N–H and O–H groups in total.